The van der Waals surface area contributed by atoms with Crippen molar-refractivity contribution in [3.05, 3.63) is 24.0 Å². The van der Waals surface area contributed by atoms with Crippen LogP contribution in [0.1, 0.15) is 18.5 Å². The topological polar surface area (TPSA) is 38.0 Å². The van der Waals surface area contributed by atoms with Gasteiger partial charge in [0, 0.05) is 13.2 Å². The molecule has 0 aliphatic heterocycles. The molecule has 0 radical (unpaired) electrons. The maximum Gasteiger partial charge on any atom is 0.0880 e. The first kappa shape index (κ1) is 7.55. The molecule has 1 N–H and O–H groups in total. The van der Waals surface area contributed by atoms with E-state index in [0.29, 0.717) is 0 Å². The lowest BCUT2D eigenvalue weighted by molar-refractivity contribution is 0.223. The number of aromatic nitrogens is 2. The van der Waals surface area contributed by atoms with Gasteiger partial charge in [-0.05, 0) is 24.5 Å². The standard InChI is InChI=1S/C9H12N2O/c1-11-5-4-9(10-11)7-2-3-8(12)6-7/h4-6,8,12H,2-3H2,1H3. The molecule has 3 nitrogen and oxygen atoms in total. The summed E-state index contributed by atoms with van der Waals surface area (Å²) in [5, 5.41) is 13.5. The Balaban J connectivity index is 2.26. The Labute approximate surface area is 71.3 Å². The summed E-state index contributed by atoms with van der Waals surface area (Å²) in [5.74, 6) is 0. The number of aliphatic hydroxyl groups excluding tert-OH is 1. The van der Waals surface area contributed by atoms with Crippen molar-refractivity contribution >= 4 is 5.57 Å². The van der Waals surface area contributed by atoms with Gasteiger partial charge in [-0.2, -0.15) is 5.10 Å². The van der Waals surface area contributed by atoms with E-state index in [0.717, 1.165) is 18.5 Å². The van der Waals surface area contributed by atoms with E-state index in [4.69, 9.17) is 0 Å². The Hall–Kier alpha value is -1.09. The lowest BCUT2D eigenvalue weighted by Gasteiger charge is -1.93. The highest BCUT2D eigenvalue weighted by molar-refractivity contribution is 5.64. The number of allylic oxidation sites excluding steroid dienone is 1. The van der Waals surface area contributed by atoms with Crippen LogP contribution in [-0.4, -0.2) is 21.0 Å². The van der Waals surface area contributed by atoms with Crippen molar-refractivity contribution < 1.29 is 5.11 Å². The van der Waals surface area contributed by atoms with Crippen molar-refractivity contribution in [2.75, 3.05) is 0 Å². The van der Waals surface area contributed by atoms with Crippen molar-refractivity contribution in [3.8, 4) is 0 Å². The van der Waals surface area contributed by atoms with Crippen molar-refractivity contribution in [1.29, 1.82) is 0 Å². The van der Waals surface area contributed by atoms with Gasteiger partial charge < -0.3 is 5.11 Å². The minimum absolute atomic E-state index is 0.262. The average molecular weight is 164 g/mol. The van der Waals surface area contributed by atoms with Gasteiger partial charge in [0.15, 0.2) is 0 Å². The fourth-order valence-corrected chi connectivity index (χ4v) is 1.50. The highest BCUT2D eigenvalue weighted by atomic mass is 16.3. The Bertz CT molecular complexity index is 314. The van der Waals surface area contributed by atoms with Gasteiger partial charge in [-0.3, -0.25) is 4.68 Å². The molecule has 1 atom stereocenters. The number of aliphatic hydroxyl groups is 1. The highest BCUT2D eigenvalue weighted by Crippen LogP contribution is 2.26. The summed E-state index contributed by atoms with van der Waals surface area (Å²) < 4.78 is 1.78. The molecule has 0 saturated heterocycles. The lowest BCUT2D eigenvalue weighted by atomic mass is 10.2. The first-order chi connectivity index (χ1) is 5.75. The van der Waals surface area contributed by atoms with Gasteiger partial charge in [0.1, 0.15) is 0 Å². The predicted octanol–water partition coefficient (Wildman–Crippen LogP) is 0.958. The quantitative estimate of drug-likeness (QED) is 0.671. The summed E-state index contributed by atoms with van der Waals surface area (Å²) >= 11 is 0. The van der Waals surface area contributed by atoms with E-state index in [1.54, 1.807) is 4.68 Å². The zero-order valence-electron chi connectivity index (χ0n) is 7.07. The molecular formula is C9H12N2O. The van der Waals surface area contributed by atoms with E-state index < -0.39 is 0 Å². The van der Waals surface area contributed by atoms with Crippen molar-refractivity contribution in [3.63, 3.8) is 0 Å². The summed E-state index contributed by atoms with van der Waals surface area (Å²) in [6, 6.07) is 1.98. The van der Waals surface area contributed by atoms with Gasteiger partial charge in [-0.15, -0.1) is 0 Å². The van der Waals surface area contributed by atoms with Gasteiger partial charge in [0.2, 0.25) is 0 Å². The minimum atomic E-state index is -0.262. The number of aryl methyl sites for hydroxylation is 1. The predicted molar refractivity (Wildman–Crippen MR) is 46.4 cm³/mol. The third-order valence-corrected chi connectivity index (χ3v) is 2.15. The Morgan fingerprint density at radius 3 is 3.00 bits per heavy atom. The first-order valence-corrected chi connectivity index (χ1v) is 4.14. The van der Waals surface area contributed by atoms with Gasteiger partial charge in [0.25, 0.3) is 0 Å². The normalized spacial score (nSPS) is 22.8. The molecule has 0 aromatic carbocycles. The molecule has 3 heteroatoms. The van der Waals surface area contributed by atoms with Crippen LogP contribution in [0.25, 0.3) is 5.57 Å². The van der Waals surface area contributed by atoms with E-state index >= 15 is 0 Å². The Morgan fingerprint density at radius 1 is 1.67 bits per heavy atom. The van der Waals surface area contributed by atoms with E-state index in [9.17, 15) is 5.11 Å². The third kappa shape index (κ3) is 1.28. The summed E-state index contributed by atoms with van der Waals surface area (Å²) in [6.07, 6.45) is 5.33. The van der Waals surface area contributed by atoms with Gasteiger partial charge in [0.05, 0.1) is 11.8 Å². The molecule has 0 saturated carbocycles. The van der Waals surface area contributed by atoms with Gasteiger partial charge in [-0.25, -0.2) is 0 Å². The molecule has 1 aliphatic rings. The number of hydrogen-bond acceptors (Lipinski definition) is 2. The smallest absolute Gasteiger partial charge is 0.0880 e. The molecule has 12 heavy (non-hydrogen) atoms. The summed E-state index contributed by atoms with van der Waals surface area (Å²) in [4.78, 5) is 0. The number of nitrogens with zero attached hydrogens (tertiary/aromatic N) is 2. The van der Waals surface area contributed by atoms with Crippen LogP contribution in [0, 0.1) is 0 Å². The molecule has 0 fully saturated rings. The molecule has 1 aromatic heterocycles. The van der Waals surface area contributed by atoms with Crippen LogP contribution in [0.4, 0.5) is 0 Å². The van der Waals surface area contributed by atoms with E-state index in [1.165, 1.54) is 5.57 Å². The van der Waals surface area contributed by atoms with Crippen LogP contribution in [0.3, 0.4) is 0 Å². The minimum Gasteiger partial charge on any atom is -0.389 e. The van der Waals surface area contributed by atoms with Crippen LogP contribution < -0.4 is 0 Å². The van der Waals surface area contributed by atoms with Crippen molar-refractivity contribution in [2.24, 2.45) is 7.05 Å². The molecule has 1 aliphatic carbocycles. The molecule has 1 heterocycles. The Kier molecular flexibility index (Phi) is 1.73. The largest absolute Gasteiger partial charge is 0.389 e. The second-order valence-corrected chi connectivity index (χ2v) is 3.17. The molecule has 0 spiro atoms. The summed E-state index contributed by atoms with van der Waals surface area (Å²) in [5.41, 5.74) is 2.16. The first-order valence-electron chi connectivity index (χ1n) is 4.14. The molecular weight excluding hydrogens is 152 g/mol. The summed E-state index contributed by atoms with van der Waals surface area (Å²) in [6.45, 7) is 0. The van der Waals surface area contributed by atoms with Gasteiger partial charge in [-0.1, -0.05) is 6.08 Å². The van der Waals surface area contributed by atoms with E-state index in [-0.39, 0.29) is 6.10 Å². The van der Waals surface area contributed by atoms with Crippen LogP contribution >= 0.6 is 0 Å². The molecule has 2 rings (SSSR count). The monoisotopic (exact) mass is 164 g/mol. The van der Waals surface area contributed by atoms with Crippen LogP contribution in [0.2, 0.25) is 0 Å². The molecule has 1 unspecified atom stereocenters. The maximum absolute atomic E-state index is 9.26. The zero-order chi connectivity index (χ0) is 8.55. The lowest BCUT2D eigenvalue weighted by Crippen LogP contribution is -1.93. The molecule has 0 amide bonds. The summed E-state index contributed by atoms with van der Waals surface area (Å²) in [7, 11) is 1.90. The second kappa shape index (κ2) is 2.75. The molecule has 64 valence electrons. The van der Waals surface area contributed by atoms with E-state index in [1.807, 2.05) is 25.4 Å². The average Bonchev–Trinajstić information content (AvgIpc) is 2.58. The van der Waals surface area contributed by atoms with Crippen molar-refractivity contribution in [2.45, 2.75) is 18.9 Å². The number of hydrogen-bond donors (Lipinski definition) is 1. The molecule has 1 aromatic rings. The number of rotatable bonds is 1. The van der Waals surface area contributed by atoms with E-state index in [2.05, 4.69) is 5.10 Å². The van der Waals surface area contributed by atoms with Crippen LogP contribution in [0.5, 0.6) is 0 Å². The maximum atomic E-state index is 9.26. The fraction of sp³-hybridized carbons (Fsp3) is 0.444. The van der Waals surface area contributed by atoms with Crippen LogP contribution in [-0.2, 0) is 7.05 Å². The fourth-order valence-electron chi connectivity index (χ4n) is 1.50. The SMILES string of the molecule is Cn1ccc(C2=CC(O)CC2)n1. The van der Waals surface area contributed by atoms with Crippen molar-refractivity contribution in [1.82, 2.24) is 9.78 Å². The second-order valence-electron chi connectivity index (χ2n) is 3.17. The molecule has 0 bridgehead atoms. The van der Waals surface area contributed by atoms with Gasteiger partial charge >= 0.3 is 0 Å². The third-order valence-electron chi connectivity index (χ3n) is 2.15. The van der Waals surface area contributed by atoms with Crippen LogP contribution in [0.15, 0.2) is 18.3 Å². The highest BCUT2D eigenvalue weighted by Gasteiger charge is 2.15. The zero-order valence-corrected chi connectivity index (χ0v) is 7.07. The Morgan fingerprint density at radius 2 is 2.50 bits per heavy atom.